The van der Waals surface area contributed by atoms with E-state index in [4.69, 9.17) is 4.98 Å². The Balaban J connectivity index is 1.41. The van der Waals surface area contributed by atoms with E-state index in [0.29, 0.717) is 13.1 Å². The van der Waals surface area contributed by atoms with Gasteiger partial charge in [0.05, 0.1) is 30.5 Å². The maximum absolute atomic E-state index is 12.5. The molecular weight excluding hydrogens is 396 g/mol. The van der Waals surface area contributed by atoms with Gasteiger partial charge in [0.2, 0.25) is 5.91 Å². The van der Waals surface area contributed by atoms with Crippen molar-refractivity contribution in [2.24, 2.45) is 0 Å². The third-order valence-electron chi connectivity index (χ3n) is 5.09. The zero-order valence-corrected chi connectivity index (χ0v) is 18.1. The van der Waals surface area contributed by atoms with Crippen molar-refractivity contribution in [1.29, 1.82) is 0 Å². The Bertz CT molecular complexity index is 1010. The van der Waals surface area contributed by atoms with Crippen LogP contribution in [0.3, 0.4) is 0 Å². The first kappa shape index (κ1) is 20.4. The Kier molecular flexibility index (Phi) is 6.35. The van der Waals surface area contributed by atoms with Crippen LogP contribution in [0.1, 0.15) is 40.8 Å². The summed E-state index contributed by atoms with van der Waals surface area (Å²) in [6.07, 6.45) is 5.66. The lowest BCUT2D eigenvalue weighted by Crippen LogP contribution is -2.37. The normalized spacial score (nSPS) is 16.5. The van der Waals surface area contributed by atoms with Crippen LogP contribution in [0.25, 0.3) is 0 Å². The molecule has 1 aliphatic heterocycles. The van der Waals surface area contributed by atoms with Gasteiger partial charge < -0.3 is 10.6 Å². The molecule has 7 nitrogen and oxygen atoms in total. The van der Waals surface area contributed by atoms with E-state index >= 15 is 0 Å². The summed E-state index contributed by atoms with van der Waals surface area (Å²) in [5.41, 5.74) is 3.80. The number of anilines is 2. The van der Waals surface area contributed by atoms with E-state index < -0.39 is 0 Å². The molecule has 0 spiro atoms. The van der Waals surface area contributed by atoms with Gasteiger partial charge in [0, 0.05) is 28.7 Å². The minimum atomic E-state index is 0.0109. The number of rotatable bonds is 7. The number of carbonyl (C=O) groups excluding carboxylic acids is 1. The molecule has 2 N–H and O–H groups in total. The van der Waals surface area contributed by atoms with Crippen molar-refractivity contribution in [3.63, 3.8) is 0 Å². The molecule has 1 amide bonds. The number of hydrogen-bond acceptors (Lipinski definition) is 7. The molecule has 0 saturated carbocycles. The first-order chi connectivity index (χ1) is 14.6. The minimum absolute atomic E-state index is 0.0109. The highest BCUT2D eigenvalue weighted by molar-refractivity contribution is 7.15. The summed E-state index contributed by atoms with van der Waals surface area (Å²) in [7, 11) is 0. The predicted octanol–water partition coefficient (Wildman–Crippen LogP) is 3.75. The van der Waals surface area contributed by atoms with Crippen LogP contribution < -0.4 is 10.6 Å². The fraction of sp³-hybridized carbons (Fsp3) is 0.364. The SMILES string of the molecule is Cc1cc(Nc2ncc(C)s2)cc(C2CCCN2CC(=O)NCc2ccccn2)n1. The van der Waals surface area contributed by atoms with Gasteiger partial charge in [-0.3, -0.25) is 19.7 Å². The first-order valence-corrected chi connectivity index (χ1v) is 11.0. The Hall–Kier alpha value is -2.84. The van der Waals surface area contributed by atoms with E-state index in [1.807, 2.05) is 44.3 Å². The fourth-order valence-electron chi connectivity index (χ4n) is 3.76. The molecule has 30 heavy (non-hydrogen) atoms. The monoisotopic (exact) mass is 422 g/mol. The maximum atomic E-state index is 12.5. The molecule has 0 bridgehead atoms. The van der Waals surface area contributed by atoms with Gasteiger partial charge >= 0.3 is 0 Å². The van der Waals surface area contributed by atoms with E-state index in [1.54, 1.807) is 17.5 Å². The first-order valence-electron chi connectivity index (χ1n) is 10.2. The van der Waals surface area contributed by atoms with E-state index in [0.717, 1.165) is 47.3 Å². The topological polar surface area (TPSA) is 83.0 Å². The van der Waals surface area contributed by atoms with Gasteiger partial charge in [-0.05, 0) is 57.5 Å². The Labute approximate surface area is 180 Å². The molecule has 4 rings (SSSR count). The van der Waals surface area contributed by atoms with Crippen molar-refractivity contribution in [2.45, 2.75) is 39.3 Å². The third-order valence-corrected chi connectivity index (χ3v) is 5.92. The highest BCUT2D eigenvalue weighted by Crippen LogP contribution is 2.33. The second-order valence-corrected chi connectivity index (χ2v) is 8.78. The van der Waals surface area contributed by atoms with Gasteiger partial charge in [0.25, 0.3) is 0 Å². The quantitative estimate of drug-likeness (QED) is 0.603. The predicted molar refractivity (Wildman–Crippen MR) is 119 cm³/mol. The largest absolute Gasteiger partial charge is 0.349 e. The van der Waals surface area contributed by atoms with E-state index in [1.165, 1.54) is 4.88 Å². The second-order valence-electron chi connectivity index (χ2n) is 7.55. The Morgan fingerprint density at radius 2 is 2.17 bits per heavy atom. The van der Waals surface area contributed by atoms with Crippen molar-refractivity contribution in [1.82, 2.24) is 25.2 Å². The molecule has 1 fully saturated rings. The van der Waals surface area contributed by atoms with Crippen molar-refractivity contribution in [3.05, 3.63) is 64.7 Å². The number of pyridine rings is 2. The molecule has 1 unspecified atom stereocenters. The molecule has 1 aliphatic rings. The highest BCUT2D eigenvalue weighted by atomic mass is 32.1. The molecule has 1 saturated heterocycles. The standard InChI is InChI=1S/C22H26N6OS/c1-15-10-18(27-22-25-12-16(2)30-22)11-19(26-15)20-7-5-9-28(20)14-21(29)24-13-17-6-3-4-8-23-17/h3-4,6,8,10-12,20H,5,7,9,13-14H2,1-2H3,(H,24,29)(H,25,26,27). The van der Waals surface area contributed by atoms with Crippen LogP contribution in [0, 0.1) is 13.8 Å². The average molecular weight is 423 g/mol. The smallest absolute Gasteiger partial charge is 0.234 e. The van der Waals surface area contributed by atoms with Crippen LogP contribution in [0.2, 0.25) is 0 Å². The lowest BCUT2D eigenvalue weighted by Gasteiger charge is -2.24. The van der Waals surface area contributed by atoms with Crippen molar-refractivity contribution in [3.8, 4) is 0 Å². The van der Waals surface area contributed by atoms with Crippen LogP contribution in [0.5, 0.6) is 0 Å². The maximum Gasteiger partial charge on any atom is 0.234 e. The van der Waals surface area contributed by atoms with Crippen LogP contribution in [-0.2, 0) is 11.3 Å². The molecule has 156 valence electrons. The summed E-state index contributed by atoms with van der Waals surface area (Å²) in [6, 6.07) is 9.95. The summed E-state index contributed by atoms with van der Waals surface area (Å²) in [4.78, 5) is 29.3. The number of hydrogen-bond donors (Lipinski definition) is 2. The summed E-state index contributed by atoms with van der Waals surface area (Å²) in [5.74, 6) is 0.0109. The number of thiazole rings is 1. The van der Waals surface area contributed by atoms with Gasteiger partial charge in [-0.25, -0.2) is 4.98 Å². The van der Waals surface area contributed by atoms with Gasteiger partial charge in [0.1, 0.15) is 0 Å². The summed E-state index contributed by atoms with van der Waals surface area (Å²) in [5, 5.41) is 7.24. The number of aromatic nitrogens is 3. The summed E-state index contributed by atoms with van der Waals surface area (Å²) < 4.78 is 0. The lowest BCUT2D eigenvalue weighted by molar-refractivity contribution is -0.122. The van der Waals surface area contributed by atoms with Crippen molar-refractivity contribution >= 4 is 28.1 Å². The van der Waals surface area contributed by atoms with Crippen LogP contribution in [0.4, 0.5) is 10.8 Å². The molecule has 0 aromatic carbocycles. The number of nitrogens with one attached hydrogen (secondary N) is 2. The van der Waals surface area contributed by atoms with Gasteiger partial charge in [-0.15, -0.1) is 11.3 Å². The molecule has 4 heterocycles. The van der Waals surface area contributed by atoms with Crippen molar-refractivity contribution < 1.29 is 4.79 Å². The molecule has 0 aliphatic carbocycles. The molecule has 1 atom stereocenters. The van der Waals surface area contributed by atoms with E-state index in [2.05, 4.69) is 31.6 Å². The van der Waals surface area contributed by atoms with Gasteiger partial charge in [-0.2, -0.15) is 0 Å². The number of carbonyl (C=O) groups is 1. The number of likely N-dealkylation sites (tertiary alicyclic amines) is 1. The molecule has 3 aromatic heterocycles. The minimum Gasteiger partial charge on any atom is -0.349 e. The number of aryl methyl sites for hydroxylation is 2. The van der Waals surface area contributed by atoms with E-state index in [-0.39, 0.29) is 11.9 Å². The molecule has 0 radical (unpaired) electrons. The van der Waals surface area contributed by atoms with Gasteiger partial charge in [-0.1, -0.05) is 6.07 Å². The summed E-state index contributed by atoms with van der Waals surface area (Å²) >= 11 is 1.63. The lowest BCUT2D eigenvalue weighted by atomic mass is 10.1. The number of amides is 1. The van der Waals surface area contributed by atoms with Crippen LogP contribution in [0.15, 0.2) is 42.7 Å². The van der Waals surface area contributed by atoms with E-state index in [9.17, 15) is 4.79 Å². The van der Waals surface area contributed by atoms with Gasteiger partial charge in [0.15, 0.2) is 5.13 Å². The Morgan fingerprint density at radius 3 is 2.93 bits per heavy atom. The number of nitrogens with zero attached hydrogens (tertiary/aromatic N) is 4. The molecule has 8 heteroatoms. The summed E-state index contributed by atoms with van der Waals surface area (Å²) in [6.45, 7) is 5.75. The highest BCUT2D eigenvalue weighted by Gasteiger charge is 2.29. The zero-order valence-electron chi connectivity index (χ0n) is 17.3. The molecule has 3 aromatic rings. The van der Waals surface area contributed by atoms with Crippen molar-refractivity contribution in [2.75, 3.05) is 18.4 Å². The van der Waals surface area contributed by atoms with Crippen LogP contribution >= 0.6 is 11.3 Å². The second kappa shape index (κ2) is 9.32. The fourth-order valence-corrected chi connectivity index (χ4v) is 4.44. The Morgan fingerprint density at radius 1 is 1.27 bits per heavy atom. The third kappa shape index (κ3) is 5.20. The zero-order chi connectivity index (χ0) is 20.9. The molecular formula is C22H26N6OS. The van der Waals surface area contributed by atoms with Crippen LogP contribution in [-0.4, -0.2) is 38.8 Å². The average Bonchev–Trinajstić information content (AvgIpc) is 3.35.